The monoisotopic (exact) mass is 719 g/mol. The van der Waals surface area contributed by atoms with Crippen molar-refractivity contribution in [1.29, 1.82) is 0 Å². The molecular formula is C52H37N3O. The molecule has 0 saturated carbocycles. The third-order valence-corrected chi connectivity index (χ3v) is 10.9. The van der Waals surface area contributed by atoms with Gasteiger partial charge in [-0.25, -0.2) is 15.0 Å². The average Bonchev–Trinajstić information content (AvgIpc) is 3.67. The van der Waals surface area contributed by atoms with Gasteiger partial charge in [-0.2, -0.15) is 0 Å². The molecule has 1 aliphatic carbocycles. The third kappa shape index (κ3) is 6.21. The summed E-state index contributed by atoms with van der Waals surface area (Å²) in [5.74, 6) is 2.24. The zero-order valence-corrected chi connectivity index (χ0v) is 30.9. The van der Waals surface area contributed by atoms with Crippen LogP contribution >= 0.6 is 0 Å². The first kappa shape index (κ1) is 33.4. The summed E-state index contributed by atoms with van der Waals surface area (Å²) in [6, 6.07) is 61.1. The standard InChI is InChI=1S/C52H37N3O/c1-34-33-42(36-15-7-3-8-16-36)29-30-43(34)38-25-27-41(28-26-38)51-53-50(40-17-9-4-10-18-40)54-52(55-51)46-32-31-44(49-48(46)45-19-11-12-20-47(45)56-49)39-23-21-37(22-24-39)35-13-5-2-6-14-35/h2-32,34H,33H2,1H3. The van der Waals surface area contributed by atoms with Gasteiger partial charge in [-0.3, -0.25) is 0 Å². The highest BCUT2D eigenvalue weighted by Gasteiger charge is 2.22. The summed E-state index contributed by atoms with van der Waals surface area (Å²) in [5, 5.41) is 2.00. The maximum atomic E-state index is 6.68. The van der Waals surface area contributed by atoms with E-state index >= 15 is 0 Å². The molecule has 7 aromatic carbocycles. The second kappa shape index (κ2) is 14.2. The van der Waals surface area contributed by atoms with Crippen LogP contribution in [0.25, 0.3) is 89.5 Å². The zero-order chi connectivity index (χ0) is 37.4. The minimum absolute atomic E-state index is 0.395. The maximum absolute atomic E-state index is 6.68. The Kier molecular flexibility index (Phi) is 8.49. The van der Waals surface area contributed by atoms with E-state index in [1.54, 1.807) is 0 Å². The molecule has 0 saturated heterocycles. The Hall–Kier alpha value is -7.17. The molecule has 2 aromatic heterocycles. The first-order valence-corrected chi connectivity index (χ1v) is 19.2. The number of nitrogens with zero attached hydrogens (tertiary/aromatic N) is 3. The number of hydrogen-bond donors (Lipinski definition) is 0. The van der Waals surface area contributed by atoms with E-state index in [4.69, 9.17) is 19.4 Å². The predicted octanol–water partition coefficient (Wildman–Crippen LogP) is 13.6. The van der Waals surface area contributed by atoms with Gasteiger partial charge in [0.05, 0.1) is 0 Å². The van der Waals surface area contributed by atoms with Crippen LogP contribution < -0.4 is 0 Å². The van der Waals surface area contributed by atoms with Crippen molar-refractivity contribution in [3.63, 3.8) is 0 Å². The van der Waals surface area contributed by atoms with Gasteiger partial charge >= 0.3 is 0 Å². The van der Waals surface area contributed by atoms with E-state index in [0.29, 0.717) is 23.4 Å². The minimum Gasteiger partial charge on any atom is -0.455 e. The molecule has 4 nitrogen and oxygen atoms in total. The molecule has 0 aliphatic heterocycles. The molecule has 0 N–H and O–H groups in total. The molecule has 56 heavy (non-hydrogen) atoms. The molecule has 10 rings (SSSR count). The number of rotatable bonds is 7. The highest BCUT2D eigenvalue weighted by atomic mass is 16.3. The van der Waals surface area contributed by atoms with Gasteiger partial charge < -0.3 is 4.42 Å². The summed E-state index contributed by atoms with van der Waals surface area (Å²) in [6.07, 6.45) is 5.56. The minimum atomic E-state index is 0.395. The number of hydrogen-bond acceptors (Lipinski definition) is 4. The fraction of sp³-hybridized carbons (Fsp3) is 0.0577. The van der Waals surface area contributed by atoms with Crippen LogP contribution in [0.15, 0.2) is 192 Å². The fourth-order valence-corrected chi connectivity index (χ4v) is 7.98. The van der Waals surface area contributed by atoms with Gasteiger partial charge in [0.2, 0.25) is 0 Å². The highest BCUT2D eigenvalue weighted by Crippen LogP contribution is 2.42. The Balaban J connectivity index is 1.08. The molecule has 4 heteroatoms. The largest absolute Gasteiger partial charge is 0.455 e. The smallest absolute Gasteiger partial charge is 0.164 e. The first-order valence-electron chi connectivity index (χ1n) is 19.2. The molecule has 0 spiro atoms. The zero-order valence-electron chi connectivity index (χ0n) is 30.9. The SMILES string of the molecule is CC1CC(c2ccccc2)=CC=C1c1ccc(-c2nc(-c3ccccc3)nc(-c3ccc(-c4ccc(-c5ccccc5)cc4)c4oc5ccccc5c34)n2)cc1. The van der Waals surface area contributed by atoms with Crippen molar-refractivity contribution in [3.05, 3.63) is 199 Å². The molecule has 0 radical (unpaired) electrons. The van der Waals surface area contributed by atoms with Gasteiger partial charge in [0.25, 0.3) is 0 Å². The molecule has 266 valence electrons. The second-order valence-corrected chi connectivity index (χ2v) is 14.4. The van der Waals surface area contributed by atoms with Crippen LogP contribution in [0.4, 0.5) is 0 Å². The molecule has 2 heterocycles. The number of fused-ring (bicyclic) bond motifs is 3. The topological polar surface area (TPSA) is 51.8 Å². The molecule has 0 fully saturated rings. The summed E-state index contributed by atoms with van der Waals surface area (Å²) in [7, 11) is 0. The van der Waals surface area contributed by atoms with E-state index in [-0.39, 0.29) is 0 Å². The lowest BCUT2D eigenvalue weighted by atomic mass is 9.82. The van der Waals surface area contributed by atoms with E-state index in [0.717, 1.165) is 56.2 Å². The van der Waals surface area contributed by atoms with Crippen molar-refractivity contribution in [1.82, 2.24) is 15.0 Å². The van der Waals surface area contributed by atoms with E-state index < -0.39 is 0 Å². The molecule has 1 unspecified atom stereocenters. The molecule has 1 atom stereocenters. The summed E-state index contributed by atoms with van der Waals surface area (Å²) < 4.78 is 6.68. The maximum Gasteiger partial charge on any atom is 0.164 e. The molecular weight excluding hydrogens is 683 g/mol. The van der Waals surface area contributed by atoms with Crippen LogP contribution in [0, 0.1) is 5.92 Å². The van der Waals surface area contributed by atoms with Crippen molar-refractivity contribution in [2.24, 2.45) is 5.92 Å². The van der Waals surface area contributed by atoms with E-state index in [9.17, 15) is 0 Å². The van der Waals surface area contributed by atoms with Gasteiger partial charge in [-0.05, 0) is 69.5 Å². The van der Waals surface area contributed by atoms with E-state index in [2.05, 4.69) is 146 Å². The fourth-order valence-electron chi connectivity index (χ4n) is 7.98. The van der Waals surface area contributed by atoms with Crippen LogP contribution in [-0.2, 0) is 0 Å². The summed E-state index contributed by atoms with van der Waals surface area (Å²) in [6.45, 7) is 2.31. The van der Waals surface area contributed by atoms with E-state index in [1.165, 1.54) is 33.4 Å². The summed E-state index contributed by atoms with van der Waals surface area (Å²) in [4.78, 5) is 15.4. The van der Waals surface area contributed by atoms with Crippen LogP contribution in [0.2, 0.25) is 0 Å². The van der Waals surface area contributed by atoms with Gasteiger partial charge in [-0.15, -0.1) is 0 Å². The molecule has 0 amide bonds. The number of aromatic nitrogens is 3. The normalized spacial score (nSPS) is 14.1. The Morgan fingerprint density at radius 3 is 1.61 bits per heavy atom. The Morgan fingerprint density at radius 2 is 0.929 bits per heavy atom. The summed E-state index contributed by atoms with van der Waals surface area (Å²) in [5.41, 5.74) is 14.1. The molecule has 0 bridgehead atoms. The van der Waals surface area contributed by atoms with Crippen LogP contribution in [-0.4, -0.2) is 15.0 Å². The number of benzene rings is 7. The lowest BCUT2D eigenvalue weighted by molar-refractivity contribution is 0.670. The van der Waals surface area contributed by atoms with Gasteiger partial charge in [0.1, 0.15) is 11.2 Å². The molecule has 9 aromatic rings. The predicted molar refractivity (Wildman–Crippen MR) is 230 cm³/mol. The Labute approximate surface area is 326 Å². The van der Waals surface area contributed by atoms with Crippen molar-refractivity contribution < 1.29 is 4.42 Å². The second-order valence-electron chi connectivity index (χ2n) is 14.4. The average molecular weight is 720 g/mol. The Morgan fingerprint density at radius 1 is 0.429 bits per heavy atom. The quantitative estimate of drug-likeness (QED) is 0.165. The van der Waals surface area contributed by atoms with Crippen molar-refractivity contribution in [2.45, 2.75) is 13.3 Å². The van der Waals surface area contributed by atoms with Gasteiger partial charge in [-0.1, -0.05) is 177 Å². The van der Waals surface area contributed by atoms with E-state index in [1.807, 2.05) is 48.5 Å². The number of para-hydroxylation sites is 1. The third-order valence-electron chi connectivity index (χ3n) is 10.9. The molecule has 1 aliphatic rings. The van der Waals surface area contributed by atoms with Crippen LogP contribution in [0.3, 0.4) is 0 Å². The van der Waals surface area contributed by atoms with Gasteiger partial charge in [0, 0.05) is 33.0 Å². The summed E-state index contributed by atoms with van der Waals surface area (Å²) >= 11 is 0. The van der Waals surface area contributed by atoms with Crippen LogP contribution in [0.1, 0.15) is 24.5 Å². The number of allylic oxidation sites excluding steroid dienone is 4. The van der Waals surface area contributed by atoms with Crippen molar-refractivity contribution >= 4 is 33.1 Å². The lowest BCUT2D eigenvalue weighted by Crippen LogP contribution is -2.05. The van der Waals surface area contributed by atoms with Crippen molar-refractivity contribution in [2.75, 3.05) is 0 Å². The Bertz CT molecular complexity index is 2910. The number of furan rings is 1. The highest BCUT2D eigenvalue weighted by molar-refractivity contribution is 6.15. The lowest BCUT2D eigenvalue weighted by Gasteiger charge is -2.22. The van der Waals surface area contributed by atoms with Crippen LogP contribution in [0.5, 0.6) is 0 Å². The van der Waals surface area contributed by atoms with Crippen molar-refractivity contribution in [3.8, 4) is 56.4 Å². The first-order chi connectivity index (χ1) is 27.7. The van der Waals surface area contributed by atoms with Gasteiger partial charge in [0.15, 0.2) is 17.5 Å².